The molecule has 1 aliphatic rings. The van der Waals surface area contributed by atoms with Gasteiger partial charge < -0.3 is 15.4 Å². The van der Waals surface area contributed by atoms with Gasteiger partial charge in [0.2, 0.25) is 0 Å². The van der Waals surface area contributed by atoms with E-state index in [0.29, 0.717) is 30.2 Å². The molecule has 0 aliphatic carbocycles. The first-order valence-corrected chi connectivity index (χ1v) is 8.41. The maximum atomic E-state index is 11.2. The normalized spacial score (nSPS) is 14.7. The van der Waals surface area contributed by atoms with Gasteiger partial charge in [0.15, 0.2) is 5.82 Å². The summed E-state index contributed by atoms with van der Waals surface area (Å²) in [6, 6.07) is 5.51. The number of primary amides is 1. The third-order valence-electron chi connectivity index (χ3n) is 4.58. The fraction of sp³-hybridized carbons (Fsp3) is 0.389. The molecular formula is C18H20N6O2. The Hall–Kier alpha value is -3.21. The summed E-state index contributed by atoms with van der Waals surface area (Å²) in [6.45, 7) is 5.17. The van der Waals surface area contributed by atoms with E-state index in [1.54, 1.807) is 12.1 Å². The van der Waals surface area contributed by atoms with E-state index in [0.717, 1.165) is 24.1 Å². The quantitative estimate of drug-likeness (QED) is 0.886. The molecule has 3 heterocycles. The van der Waals surface area contributed by atoms with Crippen LogP contribution in [0.2, 0.25) is 0 Å². The standard InChI is InChI=1S/C18H20N6O2/c1-11-12(2)22-23-18(15(11)10-19)24-7-4-13(5-8-24)26-14-3-6-21-16(9-14)17(20)25/h3,6,9,13H,4-5,7-8H2,1-2H3,(H2,20,25). The number of aromatic nitrogens is 3. The van der Waals surface area contributed by atoms with Crippen molar-refractivity contribution in [3.63, 3.8) is 0 Å². The highest BCUT2D eigenvalue weighted by atomic mass is 16.5. The highest BCUT2D eigenvalue weighted by Crippen LogP contribution is 2.26. The number of nitrogens with zero attached hydrogens (tertiary/aromatic N) is 5. The second kappa shape index (κ2) is 7.35. The van der Waals surface area contributed by atoms with Crippen molar-refractivity contribution in [1.29, 1.82) is 5.26 Å². The molecule has 0 bridgehead atoms. The molecule has 1 aliphatic heterocycles. The molecule has 0 aromatic carbocycles. The second-order valence-corrected chi connectivity index (χ2v) is 6.27. The van der Waals surface area contributed by atoms with Crippen molar-refractivity contribution in [1.82, 2.24) is 15.2 Å². The van der Waals surface area contributed by atoms with Gasteiger partial charge in [-0.05, 0) is 25.5 Å². The van der Waals surface area contributed by atoms with Crippen LogP contribution in [0.3, 0.4) is 0 Å². The van der Waals surface area contributed by atoms with Crippen LogP contribution in [0.25, 0.3) is 0 Å². The van der Waals surface area contributed by atoms with E-state index in [2.05, 4.69) is 26.2 Å². The Bertz CT molecular complexity index is 868. The minimum Gasteiger partial charge on any atom is -0.490 e. The fourth-order valence-electron chi connectivity index (χ4n) is 2.95. The lowest BCUT2D eigenvalue weighted by Gasteiger charge is -2.33. The maximum Gasteiger partial charge on any atom is 0.267 e. The number of nitriles is 1. The van der Waals surface area contributed by atoms with Gasteiger partial charge in [-0.1, -0.05) is 0 Å². The van der Waals surface area contributed by atoms with E-state index < -0.39 is 5.91 Å². The third kappa shape index (κ3) is 3.57. The number of amides is 1. The summed E-state index contributed by atoms with van der Waals surface area (Å²) in [4.78, 5) is 17.2. The Kier molecular flexibility index (Phi) is 4.98. The molecule has 2 aromatic rings. The Morgan fingerprint density at radius 3 is 2.73 bits per heavy atom. The number of carbonyl (C=O) groups excluding carboxylic acids is 1. The summed E-state index contributed by atoms with van der Waals surface area (Å²) in [5.41, 5.74) is 7.65. The molecule has 1 fully saturated rings. The van der Waals surface area contributed by atoms with Gasteiger partial charge in [0, 0.05) is 38.2 Å². The first-order chi connectivity index (χ1) is 12.5. The molecule has 2 N–H and O–H groups in total. The lowest BCUT2D eigenvalue weighted by Crippen LogP contribution is -2.39. The summed E-state index contributed by atoms with van der Waals surface area (Å²) in [5, 5.41) is 17.8. The zero-order valence-electron chi connectivity index (χ0n) is 14.8. The van der Waals surface area contributed by atoms with Crippen molar-refractivity contribution in [3.05, 3.63) is 40.8 Å². The van der Waals surface area contributed by atoms with Gasteiger partial charge >= 0.3 is 0 Å². The molecule has 0 saturated carbocycles. The molecule has 0 atom stereocenters. The number of rotatable bonds is 4. The van der Waals surface area contributed by atoms with Crippen LogP contribution in [-0.4, -0.2) is 40.3 Å². The van der Waals surface area contributed by atoms with E-state index >= 15 is 0 Å². The van der Waals surface area contributed by atoms with Gasteiger partial charge in [-0.2, -0.15) is 10.4 Å². The number of hydrogen-bond donors (Lipinski definition) is 1. The van der Waals surface area contributed by atoms with Gasteiger partial charge in [0.05, 0.1) is 5.69 Å². The van der Waals surface area contributed by atoms with Gasteiger partial charge in [-0.25, -0.2) is 0 Å². The van der Waals surface area contributed by atoms with Crippen molar-refractivity contribution in [2.45, 2.75) is 32.8 Å². The maximum absolute atomic E-state index is 11.2. The van der Waals surface area contributed by atoms with E-state index in [1.807, 2.05) is 13.8 Å². The molecule has 8 heteroatoms. The minimum absolute atomic E-state index is 0.0133. The summed E-state index contributed by atoms with van der Waals surface area (Å²) < 4.78 is 5.95. The van der Waals surface area contributed by atoms with Gasteiger partial charge in [-0.3, -0.25) is 9.78 Å². The van der Waals surface area contributed by atoms with E-state index in [4.69, 9.17) is 10.5 Å². The van der Waals surface area contributed by atoms with Gasteiger partial charge in [-0.15, -0.1) is 5.10 Å². The number of carbonyl (C=O) groups is 1. The molecule has 3 rings (SSSR count). The number of anilines is 1. The molecule has 1 saturated heterocycles. The summed E-state index contributed by atoms with van der Waals surface area (Å²) >= 11 is 0. The minimum atomic E-state index is -0.581. The number of piperidine rings is 1. The molecule has 134 valence electrons. The lowest BCUT2D eigenvalue weighted by molar-refractivity contribution is 0.0994. The zero-order valence-corrected chi connectivity index (χ0v) is 14.8. The van der Waals surface area contributed by atoms with Gasteiger partial charge in [0.25, 0.3) is 5.91 Å². The van der Waals surface area contributed by atoms with E-state index in [1.165, 1.54) is 6.20 Å². The van der Waals surface area contributed by atoms with Crippen LogP contribution in [0.15, 0.2) is 18.3 Å². The van der Waals surface area contributed by atoms with Crippen molar-refractivity contribution in [2.24, 2.45) is 5.73 Å². The summed E-state index contributed by atoms with van der Waals surface area (Å²) in [5.74, 6) is 0.632. The second-order valence-electron chi connectivity index (χ2n) is 6.27. The van der Waals surface area contributed by atoms with E-state index in [-0.39, 0.29) is 11.8 Å². The topological polar surface area (TPSA) is 118 Å². The molecule has 0 unspecified atom stereocenters. The van der Waals surface area contributed by atoms with E-state index in [9.17, 15) is 10.1 Å². The first-order valence-electron chi connectivity index (χ1n) is 8.41. The van der Waals surface area contributed by atoms with Crippen LogP contribution in [0.5, 0.6) is 5.75 Å². The Morgan fingerprint density at radius 1 is 1.35 bits per heavy atom. The van der Waals surface area contributed by atoms with Crippen LogP contribution in [-0.2, 0) is 0 Å². The number of ether oxygens (including phenoxy) is 1. The van der Waals surface area contributed by atoms with Crippen LogP contribution < -0.4 is 15.4 Å². The molecule has 2 aromatic heterocycles. The lowest BCUT2D eigenvalue weighted by atomic mass is 10.1. The largest absolute Gasteiger partial charge is 0.490 e. The molecule has 26 heavy (non-hydrogen) atoms. The number of pyridine rings is 1. The molecular weight excluding hydrogens is 332 g/mol. The fourth-order valence-corrected chi connectivity index (χ4v) is 2.95. The van der Waals surface area contributed by atoms with Crippen molar-refractivity contribution in [3.8, 4) is 11.8 Å². The SMILES string of the molecule is Cc1nnc(N2CCC(Oc3ccnc(C(N)=O)c3)CC2)c(C#N)c1C. The average molecular weight is 352 g/mol. The van der Waals surface area contributed by atoms with Crippen LogP contribution in [0.1, 0.15) is 40.2 Å². The predicted octanol–water partition coefficient (Wildman–Crippen LogP) is 1.51. The van der Waals surface area contributed by atoms with Crippen LogP contribution in [0, 0.1) is 25.2 Å². The molecule has 8 nitrogen and oxygen atoms in total. The Balaban J connectivity index is 1.67. The van der Waals surface area contributed by atoms with Crippen LogP contribution in [0.4, 0.5) is 5.82 Å². The Labute approximate surface area is 151 Å². The van der Waals surface area contributed by atoms with Gasteiger partial charge in [0.1, 0.15) is 29.2 Å². The summed E-state index contributed by atoms with van der Waals surface area (Å²) in [6.07, 6.45) is 3.06. The predicted molar refractivity (Wildman–Crippen MR) is 94.8 cm³/mol. The number of hydrogen-bond acceptors (Lipinski definition) is 7. The van der Waals surface area contributed by atoms with Crippen molar-refractivity contribution in [2.75, 3.05) is 18.0 Å². The molecule has 1 amide bonds. The third-order valence-corrected chi connectivity index (χ3v) is 4.58. The summed E-state index contributed by atoms with van der Waals surface area (Å²) in [7, 11) is 0. The van der Waals surface area contributed by atoms with Crippen molar-refractivity contribution < 1.29 is 9.53 Å². The Morgan fingerprint density at radius 2 is 2.08 bits per heavy atom. The smallest absolute Gasteiger partial charge is 0.267 e. The molecule has 0 radical (unpaired) electrons. The zero-order chi connectivity index (χ0) is 18.7. The number of nitrogens with two attached hydrogens (primary N) is 1. The average Bonchev–Trinajstić information content (AvgIpc) is 2.65. The van der Waals surface area contributed by atoms with Crippen LogP contribution >= 0.6 is 0 Å². The van der Waals surface area contributed by atoms with Crippen molar-refractivity contribution >= 4 is 11.7 Å². The number of aryl methyl sites for hydroxylation is 1. The molecule has 0 spiro atoms. The monoisotopic (exact) mass is 352 g/mol. The highest BCUT2D eigenvalue weighted by molar-refractivity contribution is 5.91. The highest BCUT2D eigenvalue weighted by Gasteiger charge is 2.25. The first kappa shape index (κ1) is 17.6.